The van der Waals surface area contributed by atoms with Crippen LogP contribution in [-0.2, 0) is 6.18 Å². The number of hydrogen-bond acceptors (Lipinski definition) is 5. The molecule has 1 saturated heterocycles. The van der Waals surface area contributed by atoms with Crippen LogP contribution in [0, 0.1) is 16.0 Å². The molecule has 200 valence electrons. The van der Waals surface area contributed by atoms with E-state index in [1.807, 2.05) is 29.2 Å². The van der Waals surface area contributed by atoms with Gasteiger partial charge >= 0.3 is 12.2 Å². The highest BCUT2D eigenvalue weighted by molar-refractivity contribution is 6.30. The summed E-state index contributed by atoms with van der Waals surface area (Å²) in [5.74, 6) is 0.292. The van der Waals surface area contributed by atoms with Gasteiger partial charge < -0.3 is 20.4 Å². The third-order valence-corrected chi connectivity index (χ3v) is 7.27. The topological polar surface area (TPSA) is 90.7 Å². The molecule has 2 fully saturated rings. The molecule has 1 aliphatic carbocycles. The minimum atomic E-state index is -4.81. The molecule has 0 radical (unpaired) electrons. The SMILES string of the molecule is O=C(NC[C@H]1CC[C@H](Nc2ccc([N+](=O)[O-])c(C(F)(F)F)c2)CC1)N1CCN(c2ccc(Cl)cc2)CC1. The Hall–Kier alpha value is -3.21. The highest BCUT2D eigenvalue weighted by atomic mass is 35.5. The lowest BCUT2D eigenvalue weighted by molar-refractivity contribution is -0.388. The fraction of sp³-hybridized carbons (Fsp3) is 0.480. The summed E-state index contributed by atoms with van der Waals surface area (Å²) >= 11 is 5.95. The van der Waals surface area contributed by atoms with Gasteiger partial charge in [-0.05, 0) is 68.0 Å². The Bertz CT molecular complexity index is 1100. The number of urea groups is 1. The molecule has 0 atom stereocenters. The fourth-order valence-electron chi connectivity index (χ4n) is 4.92. The van der Waals surface area contributed by atoms with Crippen molar-refractivity contribution in [1.29, 1.82) is 0 Å². The first kappa shape index (κ1) is 26.8. The number of nitro benzene ring substituents is 1. The number of piperazine rings is 1. The van der Waals surface area contributed by atoms with Gasteiger partial charge in [0.2, 0.25) is 0 Å². The highest BCUT2D eigenvalue weighted by Gasteiger charge is 2.38. The summed E-state index contributed by atoms with van der Waals surface area (Å²) in [4.78, 5) is 26.6. The zero-order valence-electron chi connectivity index (χ0n) is 20.1. The van der Waals surface area contributed by atoms with Gasteiger partial charge in [0.1, 0.15) is 5.56 Å². The first-order valence-corrected chi connectivity index (χ1v) is 12.6. The van der Waals surface area contributed by atoms with Gasteiger partial charge in [0.15, 0.2) is 0 Å². The maximum absolute atomic E-state index is 13.2. The van der Waals surface area contributed by atoms with E-state index in [0.29, 0.717) is 30.6 Å². The molecule has 2 aromatic rings. The number of anilines is 2. The molecule has 1 aliphatic heterocycles. The van der Waals surface area contributed by atoms with Gasteiger partial charge in [-0.25, -0.2) is 4.79 Å². The maximum atomic E-state index is 13.2. The van der Waals surface area contributed by atoms with Gasteiger partial charge in [-0.3, -0.25) is 10.1 Å². The van der Waals surface area contributed by atoms with Crippen molar-refractivity contribution < 1.29 is 22.9 Å². The van der Waals surface area contributed by atoms with Crippen molar-refractivity contribution >= 4 is 34.7 Å². The number of nitrogens with one attached hydrogen (secondary N) is 2. The van der Waals surface area contributed by atoms with Gasteiger partial charge in [0, 0.05) is 61.2 Å². The predicted octanol–water partition coefficient (Wildman–Crippen LogP) is 5.77. The summed E-state index contributed by atoms with van der Waals surface area (Å²) < 4.78 is 39.7. The number of rotatable bonds is 6. The lowest BCUT2D eigenvalue weighted by Gasteiger charge is -2.36. The number of carbonyl (C=O) groups excluding carboxylic acids is 1. The first-order valence-electron chi connectivity index (χ1n) is 12.3. The second kappa shape index (κ2) is 11.5. The van der Waals surface area contributed by atoms with E-state index >= 15 is 0 Å². The molecule has 2 amide bonds. The summed E-state index contributed by atoms with van der Waals surface area (Å²) in [6.45, 7) is 3.29. The van der Waals surface area contributed by atoms with Crippen molar-refractivity contribution in [3.05, 3.63) is 63.2 Å². The van der Waals surface area contributed by atoms with Crippen molar-refractivity contribution in [2.75, 3.05) is 42.9 Å². The highest BCUT2D eigenvalue weighted by Crippen LogP contribution is 2.38. The largest absolute Gasteiger partial charge is 0.423 e. The minimum absolute atomic E-state index is 0.0320. The molecule has 4 rings (SSSR count). The number of benzene rings is 2. The summed E-state index contributed by atoms with van der Waals surface area (Å²) in [7, 11) is 0. The summed E-state index contributed by atoms with van der Waals surface area (Å²) in [5, 5.41) is 17.8. The molecule has 1 saturated carbocycles. The second-order valence-corrected chi connectivity index (χ2v) is 9.92. The van der Waals surface area contributed by atoms with Crippen LogP contribution < -0.4 is 15.5 Å². The van der Waals surface area contributed by atoms with Crippen LogP contribution in [0.5, 0.6) is 0 Å². The van der Waals surface area contributed by atoms with Crippen LogP contribution in [0.2, 0.25) is 5.02 Å². The van der Waals surface area contributed by atoms with E-state index in [1.165, 1.54) is 6.07 Å². The average molecular weight is 540 g/mol. The van der Waals surface area contributed by atoms with Crippen molar-refractivity contribution in [2.45, 2.75) is 37.9 Å². The molecule has 1 heterocycles. The van der Waals surface area contributed by atoms with Crippen molar-refractivity contribution in [2.24, 2.45) is 5.92 Å². The number of nitro groups is 1. The third-order valence-electron chi connectivity index (χ3n) is 7.02. The summed E-state index contributed by atoms with van der Waals surface area (Å²) in [6.07, 6.45) is -1.70. The van der Waals surface area contributed by atoms with Gasteiger partial charge in [-0.2, -0.15) is 13.2 Å². The number of hydrogen-bond donors (Lipinski definition) is 2. The zero-order valence-corrected chi connectivity index (χ0v) is 20.9. The van der Waals surface area contributed by atoms with E-state index in [2.05, 4.69) is 15.5 Å². The quantitative estimate of drug-likeness (QED) is 0.359. The zero-order chi connectivity index (χ0) is 26.6. The minimum Gasteiger partial charge on any atom is -0.382 e. The average Bonchev–Trinajstić information content (AvgIpc) is 2.88. The summed E-state index contributed by atoms with van der Waals surface area (Å²) in [5.41, 5.74) is -0.914. The molecule has 8 nitrogen and oxygen atoms in total. The molecule has 37 heavy (non-hydrogen) atoms. The van der Waals surface area contributed by atoms with Crippen LogP contribution >= 0.6 is 11.6 Å². The number of halogens is 4. The maximum Gasteiger partial charge on any atom is 0.423 e. The molecule has 0 spiro atoms. The van der Waals surface area contributed by atoms with Gasteiger partial charge in [-0.15, -0.1) is 0 Å². The number of carbonyl (C=O) groups is 1. The molecule has 12 heteroatoms. The van der Waals surface area contributed by atoms with E-state index in [4.69, 9.17) is 11.6 Å². The first-order chi connectivity index (χ1) is 17.6. The predicted molar refractivity (Wildman–Crippen MR) is 136 cm³/mol. The second-order valence-electron chi connectivity index (χ2n) is 9.49. The number of nitrogens with zero attached hydrogens (tertiary/aromatic N) is 3. The van der Waals surface area contributed by atoms with E-state index in [9.17, 15) is 28.1 Å². The lowest BCUT2D eigenvalue weighted by atomic mass is 9.86. The Balaban J connectivity index is 1.20. The summed E-state index contributed by atoms with van der Waals surface area (Å²) in [6, 6.07) is 10.5. The van der Waals surface area contributed by atoms with Crippen LogP contribution in [0.15, 0.2) is 42.5 Å². The normalized spacial score (nSPS) is 20.4. The van der Waals surface area contributed by atoms with Crippen LogP contribution in [0.4, 0.5) is 35.0 Å². The van der Waals surface area contributed by atoms with Gasteiger partial charge in [-0.1, -0.05) is 11.6 Å². The molecule has 2 aliphatic rings. The molecule has 2 aromatic carbocycles. The van der Waals surface area contributed by atoms with Crippen molar-refractivity contribution in [3.8, 4) is 0 Å². The van der Waals surface area contributed by atoms with Crippen molar-refractivity contribution in [1.82, 2.24) is 10.2 Å². The van der Waals surface area contributed by atoms with E-state index in [-0.39, 0.29) is 17.8 Å². The third kappa shape index (κ3) is 6.97. The molecular weight excluding hydrogens is 511 g/mol. The molecular formula is C25H29ClF3N5O3. The fourth-order valence-corrected chi connectivity index (χ4v) is 5.05. The Morgan fingerprint density at radius 1 is 1.03 bits per heavy atom. The molecule has 0 unspecified atom stereocenters. The Kier molecular flexibility index (Phi) is 8.31. The molecule has 0 aromatic heterocycles. The van der Waals surface area contributed by atoms with Gasteiger partial charge in [0.05, 0.1) is 4.92 Å². The van der Waals surface area contributed by atoms with Crippen molar-refractivity contribution in [3.63, 3.8) is 0 Å². The molecule has 2 N–H and O–H groups in total. The Labute approximate surface area is 217 Å². The Morgan fingerprint density at radius 2 is 1.68 bits per heavy atom. The van der Waals surface area contributed by atoms with E-state index in [1.54, 1.807) is 0 Å². The number of amides is 2. The molecule has 0 bridgehead atoms. The van der Waals surface area contributed by atoms with Crippen LogP contribution in [0.3, 0.4) is 0 Å². The van der Waals surface area contributed by atoms with E-state index < -0.39 is 22.4 Å². The standard InChI is InChI=1S/C25H29ClF3N5O3/c26-18-3-8-21(9-4-18)32-11-13-33(14-12-32)24(35)30-16-17-1-5-19(6-2-17)31-20-7-10-23(34(36)37)22(15-20)25(27,28)29/h3-4,7-10,15,17,19,31H,1-2,5-6,11-14,16H2,(H,30,35)/t17-,19-. The van der Waals surface area contributed by atoms with Crippen LogP contribution in [0.1, 0.15) is 31.2 Å². The van der Waals surface area contributed by atoms with E-state index in [0.717, 1.165) is 56.6 Å². The lowest BCUT2D eigenvalue weighted by Crippen LogP contribution is -2.52. The number of alkyl halides is 3. The smallest absolute Gasteiger partial charge is 0.382 e. The monoisotopic (exact) mass is 539 g/mol. The van der Waals surface area contributed by atoms with Gasteiger partial charge in [0.25, 0.3) is 5.69 Å². The van der Waals surface area contributed by atoms with Crippen LogP contribution in [0.25, 0.3) is 0 Å². The Morgan fingerprint density at radius 3 is 2.27 bits per heavy atom. The van der Waals surface area contributed by atoms with Crippen LogP contribution in [-0.4, -0.2) is 54.6 Å².